The number of nitrogens with zero attached hydrogens (tertiary/aromatic N) is 5. The minimum atomic E-state index is -1.01. The van der Waals surface area contributed by atoms with Gasteiger partial charge in [0.15, 0.2) is 17.6 Å². The van der Waals surface area contributed by atoms with Crippen LogP contribution < -0.4 is 10.1 Å². The lowest BCUT2D eigenvalue weighted by Gasteiger charge is -2.42. The summed E-state index contributed by atoms with van der Waals surface area (Å²) in [6.45, 7) is 8.72. The van der Waals surface area contributed by atoms with Gasteiger partial charge in [-0.1, -0.05) is 24.3 Å². The molecule has 12 nitrogen and oxygen atoms in total. The molecule has 260 valence electrons. The zero-order chi connectivity index (χ0) is 33.8. The number of phenolic OH excluding ortho intramolecular Hbond substituents is 1. The molecule has 0 aromatic heterocycles. The second kappa shape index (κ2) is 15.0. The van der Waals surface area contributed by atoms with Crippen LogP contribution in [0, 0.1) is 6.92 Å². The number of anilines is 1. The lowest BCUT2D eigenvalue weighted by atomic mass is 9.99. The van der Waals surface area contributed by atoms with Crippen molar-refractivity contribution in [2.45, 2.75) is 63.6 Å². The normalized spacial score (nSPS) is 20.9. The van der Waals surface area contributed by atoms with Crippen molar-refractivity contribution in [3.8, 4) is 11.5 Å². The van der Waals surface area contributed by atoms with E-state index in [-0.39, 0.29) is 30.2 Å². The van der Waals surface area contributed by atoms with Gasteiger partial charge in [0.25, 0.3) is 5.91 Å². The molecule has 6 rings (SSSR count). The molecule has 4 amide bonds. The largest absolute Gasteiger partial charge is 0.504 e. The van der Waals surface area contributed by atoms with Crippen molar-refractivity contribution in [2.24, 2.45) is 0 Å². The summed E-state index contributed by atoms with van der Waals surface area (Å²) < 4.78 is 11.4. The number of likely N-dealkylation sites (N-methyl/N-ethyl adjacent to an activating group) is 1. The van der Waals surface area contributed by atoms with E-state index in [1.807, 2.05) is 40.1 Å². The Labute approximate surface area is 283 Å². The summed E-state index contributed by atoms with van der Waals surface area (Å²) in [7, 11) is 3.64. The number of methoxy groups -OCH3 is 1. The van der Waals surface area contributed by atoms with Crippen LogP contribution in [-0.4, -0.2) is 139 Å². The van der Waals surface area contributed by atoms with E-state index < -0.39 is 12.2 Å². The highest BCUT2D eigenvalue weighted by atomic mass is 16.6. The number of nitrogens with one attached hydrogen (secondary N) is 1. The number of carbonyl (C=O) groups is 3. The lowest BCUT2D eigenvalue weighted by molar-refractivity contribution is -0.142. The van der Waals surface area contributed by atoms with Gasteiger partial charge >= 0.3 is 12.1 Å². The quantitative estimate of drug-likeness (QED) is 0.463. The summed E-state index contributed by atoms with van der Waals surface area (Å²) in [6.07, 6.45) is 2.46. The van der Waals surface area contributed by atoms with E-state index in [0.29, 0.717) is 62.9 Å². The van der Waals surface area contributed by atoms with E-state index in [4.69, 9.17) is 9.47 Å². The maximum Gasteiger partial charge on any atom is 0.410 e. The van der Waals surface area contributed by atoms with E-state index in [0.717, 1.165) is 62.3 Å². The Morgan fingerprint density at radius 2 is 1.58 bits per heavy atom. The highest BCUT2D eigenvalue weighted by Gasteiger charge is 2.36. The third kappa shape index (κ3) is 7.65. The van der Waals surface area contributed by atoms with Gasteiger partial charge in [0.05, 0.1) is 7.11 Å². The lowest BCUT2D eigenvalue weighted by Crippen LogP contribution is -2.54. The smallest absolute Gasteiger partial charge is 0.410 e. The molecular weight excluding hydrogens is 612 g/mol. The highest BCUT2D eigenvalue weighted by Crippen LogP contribution is 2.32. The van der Waals surface area contributed by atoms with Gasteiger partial charge in [-0.3, -0.25) is 9.69 Å². The van der Waals surface area contributed by atoms with Crippen LogP contribution in [0.1, 0.15) is 42.4 Å². The molecule has 0 saturated carbocycles. The minimum Gasteiger partial charge on any atom is -0.504 e. The fraction of sp³-hybridized carbons (Fsp3) is 0.583. The molecule has 2 aromatic carbocycles. The van der Waals surface area contributed by atoms with Gasteiger partial charge in [-0.2, -0.15) is 0 Å². The molecule has 2 N–H and O–H groups in total. The maximum atomic E-state index is 14.1. The fourth-order valence-corrected chi connectivity index (χ4v) is 7.62. The Balaban J connectivity index is 1.09. The molecule has 0 aliphatic carbocycles. The summed E-state index contributed by atoms with van der Waals surface area (Å²) in [5.74, 6) is 0.177. The summed E-state index contributed by atoms with van der Waals surface area (Å²) in [4.78, 5) is 51.1. The van der Waals surface area contributed by atoms with Crippen LogP contribution in [0.3, 0.4) is 0 Å². The second-order valence-corrected chi connectivity index (χ2v) is 13.7. The van der Waals surface area contributed by atoms with E-state index in [1.54, 1.807) is 17.9 Å². The van der Waals surface area contributed by atoms with Gasteiger partial charge < -0.3 is 39.5 Å². The fourth-order valence-electron chi connectivity index (χ4n) is 7.62. The maximum absolute atomic E-state index is 14.1. The van der Waals surface area contributed by atoms with Gasteiger partial charge in [-0.15, -0.1) is 0 Å². The van der Waals surface area contributed by atoms with Crippen LogP contribution >= 0.6 is 0 Å². The number of hydrogen-bond donors (Lipinski definition) is 2. The Hall–Kier alpha value is -4.03. The number of ether oxygens (including phenoxy) is 2. The van der Waals surface area contributed by atoms with Gasteiger partial charge in [-0.05, 0) is 74.9 Å². The number of aromatic hydroxyl groups is 1. The molecule has 0 spiro atoms. The van der Waals surface area contributed by atoms with Crippen LogP contribution in [0.4, 0.5) is 15.3 Å². The number of phenols is 1. The van der Waals surface area contributed by atoms with Crippen molar-refractivity contribution in [1.82, 2.24) is 24.5 Å². The predicted octanol–water partition coefficient (Wildman–Crippen LogP) is 3.55. The molecule has 12 heteroatoms. The van der Waals surface area contributed by atoms with Crippen LogP contribution in [0.25, 0.3) is 0 Å². The van der Waals surface area contributed by atoms with Gasteiger partial charge in [0, 0.05) is 83.1 Å². The zero-order valence-corrected chi connectivity index (χ0v) is 28.5. The zero-order valence-electron chi connectivity index (χ0n) is 28.5. The van der Waals surface area contributed by atoms with E-state index >= 15 is 0 Å². The number of carbonyl (C=O) groups excluding carboxylic acids is 3. The molecule has 1 atom stereocenters. The number of amides is 4. The van der Waals surface area contributed by atoms with Crippen LogP contribution in [-0.2, 0) is 22.4 Å². The molecular formula is C36H50N6O6. The summed E-state index contributed by atoms with van der Waals surface area (Å²) in [5.41, 5.74) is 3.34. The Morgan fingerprint density at radius 3 is 2.29 bits per heavy atom. The van der Waals surface area contributed by atoms with Crippen molar-refractivity contribution >= 4 is 23.7 Å². The number of piperidine rings is 2. The minimum absolute atomic E-state index is 0.00910. The van der Waals surface area contributed by atoms with Crippen molar-refractivity contribution in [3.63, 3.8) is 0 Å². The van der Waals surface area contributed by atoms with Crippen molar-refractivity contribution in [3.05, 3.63) is 53.1 Å². The number of likely N-dealkylation sites (tertiary alicyclic amines) is 2. The molecule has 0 unspecified atom stereocenters. The van der Waals surface area contributed by atoms with E-state index in [9.17, 15) is 19.5 Å². The first-order chi connectivity index (χ1) is 23.2. The standard InChI is InChI=1S/C36H50N6O6/c1-25-22-26(23-31(47-3)33(25)43)24-32(34(44)40-13-9-28(10-14-40)39-20-18-38(2)19-21-39)48-36(46)41-15-11-29(12-16-41)42-17-8-27-6-4-5-7-30(27)37-35(42)45/h4-7,22-23,28-29,32,43H,8-21,24H2,1-3H3,(H,37,45)/t32-/m1/s1. The van der Waals surface area contributed by atoms with Crippen molar-refractivity contribution in [2.75, 3.05) is 78.4 Å². The Bertz CT molecular complexity index is 1460. The first-order valence-electron chi connectivity index (χ1n) is 17.4. The number of fused-ring (bicyclic) bond motifs is 1. The monoisotopic (exact) mass is 662 g/mol. The number of para-hydroxylation sites is 1. The number of hydrogen-bond acceptors (Lipinski definition) is 8. The topological polar surface area (TPSA) is 118 Å². The van der Waals surface area contributed by atoms with Gasteiger partial charge in [0.2, 0.25) is 0 Å². The average molecular weight is 663 g/mol. The van der Waals surface area contributed by atoms with Gasteiger partial charge in [-0.25, -0.2) is 9.59 Å². The number of rotatable bonds is 7. The summed E-state index contributed by atoms with van der Waals surface area (Å²) in [6, 6.07) is 11.7. The molecule has 3 saturated heterocycles. The molecule has 48 heavy (non-hydrogen) atoms. The first-order valence-corrected chi connectivity index (χ1v) is 17.4. The van der Waals surface area contributed by atoms with Crippen LogP contribution in [0.2, 0.25) is 0 Å². The molecule has 2 aromatic rings. The second-order valence-electron chi connectivity index (χ2n) is 13.7. The third-order valence-corrected chi connectivity index (χ3v) is 10.6. The molecule has 4 heterocycles. The highest BCUT2D eigenvalue weighted by molar-refractivity contribution is 5.91. The van der Waals surface area contributed by atoms with Crippen LogP contribution in [0.15, 0.2) is 36.4 Å². The van der Waals surface area contributed by atoms with E-state index in [2.05, 4.69) is 22.2 Å². The number of piperazine rings is 1. The molecule has 4 aliphatic rings. The Morgan fingerprint density at radius 1 is 0.917 bits per heavy atom. The number of urea groups is 1. The molecule has 4 aliphatic heterocycles. The average Bonchev–Trinajstić information content (AvgIpc) is 3.27. The molecule has 0 bridgehead atoms. The summed E-state index contributed by atoms with van der Waals surface area (Å²) >= 11 is 0. The molecule has 0 radical (unpaired) electrons. The van der Waals surface area contributed by atoms with Crippen LogP contribution in [0.5, 0.6) is 11.5 Å². The summed E-state index contributed by atoms with van der Waals surface area (Å²) in [5, 5.41) is 13.4. The third-order valence-electron chi connectivity index (χ3n) is 10.6. The number of aryl methyl sites for hydroxylation is 1. The van der Waals surface area contributed by atoms with Crippen molar-refractivity contribution < 1.29 is 29.0 Å². The number of benzene rings is 2. The molecule has 3 fully saturated rings. The Kier molecular flexibility index (Phi) is 10.6. The predicted molar refractivity (Wildman–Crippen MR) is 183 cm³/mol. The SMILES string of the molecule is COc1cc(C[C@@H](OC(=O)N2CCC(N3CCc4ccccc4NC3=O)CC2)C(=O)N2CCC(N3CCN(C)CC3)CC2)cc(C)c1O. The first kappa shape index (κ1) is 33.9. The van der Waals surface area contributed by atoms with E-state index in [1.165, 1.54) is 7.11 Å². The van der Waals surface area contributed by atoms with Gasteiger partial charge in [0.1, 0.15) is 0 Å². The van der Waals surface area contributed by atoms with Crippen molar-refractivity contribution in [1.29, 1.82) is 0 Å².